The maximum Gasteiger partial charge on any atom is 0.243 e. The molecule has 5 nitrogen and oxygen atoms in total. The van der Waals surface area contributed by atoms with Gasteiger partial charge in [-0.3, -0.25) is 9.10 Å². The number of rotatable bonds is 5. The Labute approximate surface area is 168 Å². The van der Waals surface area contributed by atoms with Gasteiger partial charge >= 0.3 is 0 Å². The maximum absolute atomic E-state index is 13.1. The van der Waals surface area contributed by atoms with Crippen molar-refractivity contribution < 1.29 is 13.2 Å². The van der Waals surface area contributed by atoms with Crippen molar-refractivity contribution in [3.05, 3.63) is 64.7 Å². The lowest BCUT2D eigenvalue weighted by atomic mass is 9.99. The van der Waals surface area contributed by atoms with E-state index in [4.69, 9.17) is 0 Å². The molecule has 1 unspecified atom stereocenters. The first-order valence-corrected chi connectivity index (χ1v) is 11.4. The highest BCUT2D eigenvalue weighted by molar-refractivity contribution is 7.92. The number of nitrogens with zero attached hydrogens (tertiary/aromatic N) is 2. The van der Waals surface area contributed by atoms with Crippen molar-refractivity contribution >= 4 is 21.6 Å². The van der Waals surface area contributed by atoms with Gasteiger partial charge in [0.15, 0.2) is 0 Å². The van der Waals surface area contributed by atoms with Crippen LogP contribution in [0.5, 0.6) is 0 Å². The summed E-state index contributed by atoms with van der Waals surface area (Å²) in [5.74, 6) is -0.158. The normalized spacial score (nSPS) is 17.0. The third-order valence-electron chi connectivity index (χ3n) is 5.55. The molecular formula is C22H28N2O3S. The minimum Gasteiger partial charge on any atom is -0.334 e. The summed E-state index contributed by atoms with van der Waals surface area (Å²) >= 11 is 0. The van der Waals surface area contributed by atoms with Crippen molar-refractivity contribution in [3.63, 3.8) is 0 Å². The van der Waals surface area contributed by atoms with Gasteiger partial charge in [0, 0.05) is 6.54 Å². The number of likely N-dealkylation sites (tertiary alicyclic amines) is 1. The van der Waals surface area contributed by atoms with E-state index >= 15 is 0 Å². The summed E-state index contributed by atoms with van der Waals surface area (Å²) in [5, 5.41) is 0. The highest BCUT2D eigenvalue weighted by Gasteiger charge is 2.32. The lowest BCUT2D eigenvalue weighted by Gasteiger charge is -2.30. The first-order valence-electron chi connectivity index (χ1n) is 9.58. The average molecular weight is 401 g/mol. The number of carbonyl (C=O) groups is 1. The molecule has 0 aliphatic carbocycles. The lowest BCUT2D eigenvalue weighted by molar-refractivity contribution is -0.130. The zero-order chi connectivity index (χ0) is 20.5. The monoisotopic (exact) mass is 400 g/mol. The van der Waals surface area contributed by atoms with E-state index in [-0.39, 0.29) is 18.5 Å². The van der Waals surface area contributed by atoms with Crippen molar-refractivity contribution in [2.45, 2.75) is 39.7 Å². The van der Waals surface area contributed by atoms with Gasteiger partial charge in [-0.1, -0.05) is 36.4 Å². The predicted octanol–water partition coefficient (Wildman–Crippen LogP) is 3.74. The number of amides is 1. The van der Waals surface area contributed by atoms with Crippen LogP contribution < -0.4 is 4.31 Å². The van der Waals surface area contributed by atoms with Crippen LogP contribution in [-0.4, -0.2) is 38.6 Å². The Morgan fingerprint density at radius 2 is 1.79 bits per heavy atom. The summed E-state index contributed by atoms with van der Waals surface area (Å²) in [7, 11) is -3.57. The molecule has 1 fully saturated rings. The molecule has 1 saturated heterocycles. The molecule has 0 saturated carbocycles. The molecule has 3 rings (SSSR count). The Balaban J connectivity index is 1.87. The standard InChI is InChI=1S/C22H28N2O3S/c1-16-11-12-19(14-18(16)3)21-10-7-13-23(21)22(25)15-24(28(4,26)27)20-9-6-5-8-17(20)2/h5-6,8-9,11-12,14,21H,7,10,13,15H2,1-4H3. The number of carbonyl (C=O) groups excluding carboxylic acids is 1. The summed E-state index contributed by atoms with van der Waals surface area (Å²) < 4.78 is 26.1. The number of sulfonamides is 1. The van der Waals surface area contributed by atoms with Crippen LogP contribution in [0.15, 0.2) is 42.5 Å². The van der Waals surface area contributed by atoms with E-state index in [0.717, 1.165) is 30.2 Å². The summed E-state index contributed by atoms with van der Waals surface area (Å²) in [6.07, 6.45) is 2.97. The van der Waals surface area contributed by atoms with E-state index in [1.807, 2.05) is 24.0 Å². The van der Waals surface area contributed by atoms with Crippen LogP contribution in [0, 0.1) is 20.8 Å². The summed E-state index contributed by atoms with van der Waals surface area (Å²) in [4.78, 5) is 15.0. The predicted molar refractivity (Wildman–Crippen MR) is 113 cm³/mol. The van der Waals surface area contributed by atoms with Gasteiger partial charge in [-0.15, -0.1) is 0 Å². The number of aryl methyl sites for hydroxylation is 3. The number of benzene rings is 2. The van der Waals surface area contributed by atoms with E-state index in [1.165, 1.54) is 15.4 Å². The molecule has 0 N–H and O–H groups in total. The van der Waals surface area contributed by atoms with Gasteiger partial charge in [-0.25, -0.2) is 8.42 Å². The first-order chi connectivity index (χ1) is 13.2. The number of hydrogen-bond donors (Lipinski definition) is 0. The molecule has 6 heteroatoms. The van der Waals surface area contributed by atoms with Crippen LogP contribution in [0.4, 0.5) is 5.69 Å². The van der Waals surface area contributed by atoms with Gasteiger partial charge in [-0.05, 0) is 61.9 Å². The minimum atomic E-state index is -3.57. The van der Waals surface area contributed by atoms with Crippen LogP contribution in [0.2, 0.25) is 0 Å². The quantitative estimate of drug-likeness (QED) is 0.768. The highest BCUT2D eigenvalue weighted by atomic mass is 32.2. The lowest BCUT2D eigenvalue weighted by Crippen LogP contribution is -2.42. The summed E-state index contributed by atoms with van der Waals surface area (Å²) in [6.45, 7) is 6.48. The molecule has 0 spiro atoms. The fourth-order valence-corrected chi connectivity index (χ4v) is 4.73. The van der Waals surface area contributed by atoms with Gasteiger partial charge in [0.05, 0.1) is 18.0 Å². The van der Waals surface area contributed by atoms with E-state index in [9.17, 15) is 13.2 Å². The van der Waals surface area contributed by atoms with Crippen LogP contribution in [0.3, 0.4) is 0 Å². The molecule has 0 radical (unpaired) electrons. The molecule has 2 aromatic rings. The zero-order valence-corrected chi connectivity index (χ0v) is 17.8. The van der Waals surface area contributed by atoms with E-state index in [1.54, 1.807) is 12.1 Å². The molecule has 1 atom stereocenters. The largest absolute Gasteiger partial charge is 0.334 e. The summed E-state index contributed by atoms with van der Waals surface area (Å²) in [6, 6.07) is 13.6. The van der Waals surface area contributed by atoms with Crippen LogP contribution in [0.1, 0.15) is 41.1 Å². The second-order valence-electron chi connectivity index (χ2n) is 7.64. The summed E-state index contributed by atoms with van der Waals surface area (Å²) in [5.41, 5.74) is 4.93. The topological polar surface area (TPSA) is 57.7 Å². The molecule has 0 aromatic heterocycles. The second-order valence-corrected chi connectivity index (χ2v) is 9.55. The zero-order valence-electron chi connectivity index (χ0n) is 17.0. The molecule has 1 aliphatic rings. The van der Waals surface area contributed by atoms with Crippen molar-refractivity contribution in [1.82, 2.24) is 4.90 Å². The highest BCUT2D eigenvalue weighted by Crippen LogP contribution is 2.33. The molecule has 150 valence electrons. The van der Waals surface area contributed by atoms with E-state index in [0.29, 0.717) is 12.2 Å². The average Bonchev–Trinajstić information content (AvgIpc) is 3.11. The second kappa shape index (κ2) is 7.95. The van der Waals surface area contributed by atoms with E-state index < -0.39 is 10.0 Å². The Morgan fingerprint density at radius 1 is 1.07 bits per heavy atom. The van der Waals surface area contributed by atoms with Crippen LogP contribution in [-0.2, 0) is 14.8 Å². The van der Waals surface area contributed by atoms with Crippen LogP contribution in [0.25, 0.3) is 0 Å². The molecule has 2 aromatic carbocycles. The van der Waals surface area contributed by atoms with Gasteiger partial charge in [-0.2, -0.15) is 0 Å². The molecule has 0 bridgehead atoms. The maximum atomic E-state index is 13.1. The van der Waals surface area contributed by atoms with Gasteiger partial charge in [0.25, 0.3) is 0 Å². The third-order valence-corrected chi connectivity index (χ3v) is 6.68. The Kier molecular flexibility index (Phi) is 5.79. The first kappa shape index (κ1) is 20.4. The fraction of sp³-hybridized carbons (Fsp3) is 0.409. The number of hydrogen-bond acceptors (Lipinski definition) is 3. The van der Waals surface area contributed by atoms with Gasteiger partial charge < -0.3 is 4.90 Å². The van der Waals surface area contributed by atoms with Crippen molar-refractivity contribution in [1.29, 1.82) is 0 Å². The van der Waals surface area contributed by atoms with Crippen LogP contribution >= 0.6 is 0 Å². The molecular weight excluding hydrogens is 372 g/mol. The Morgan fingerprint density at radius 3 is 2.43 bits per heavy atom. The van der Waals surface area contributed by atoms with E-state index in [2.05, 4.69) is 32.0 Å². The number of para-hydroxylation sites is 1. The van der Waals surface area contributed by atoms with Crippen molar-refractivity contribution in [2.75, 3.05) is 23.7 Å². The minimum absolute atomic E-state index is 0.00470. The smallest absolute Gasteiger partial charge is 0.243 e. The van der Waals surface area contributed by atoms with Crippen molar-refractivity contribution in [3.8, 4) is 0 Å². The Hall–Kier alpha value is -2.34. The fourth-order valence-electron chi connectivity index (χ4n) is 3.82. The Bertz CT molecular complexity index is 985. The molecule has 1 aliphatic heterocycles. The molecule has 1 heterocycles. The molecule has 1 amide bonds. The van der Waals surface area contributed by atoms with Crippen molar-refractivity contribution in [2.24, 2.45) is 0 Å². The molecule has 28 heavy (non-hydrogen) atoms. The SMILES string of the molecule is Cc1ccc(C2CCCN2C(=O)CN(c2ccccc2C)S(C)(=O)=O)cc1C. The van der Waals surface area contributed by atoms with Gasteiger partial charge in [0.2, 0.25) is 15.9 Å². The van der Waals surface area contributed by atoms with Gasteiger partial charge in [0.1, 0.15) is 6.54 Å². The number of anilines is 1. The third kappa shape index (κ3) is 4.22.